The first-order chi connectivity index (χ1) is 10.7. The van der Waals surface area contributed by atoms with Crippen LogP contribution in [0.4, 0.5) is 0 Å². The lowest BCUT2D eigenvalue weighted by Gasteiger charge is -2.13. The largest absolute Gasteiger partial charge is 0.393 e. The van der Waals surface area contributed by atoms with Gasteiger partial charge in [-0.05, 0) is 44.6 Å². The van der Waals surface area contributed by atoms with Gasteiger partial charge in [0.1, 0.15) is 0 Å². The van der Waals surface area contributed by atoms with Crippen molar-refractivity contribution in [2.45, 2.75) is 103 Å². The van der Waals surface area contributed by atoms with Gasteiger partial charge in [0.25, 0.3) is 0 Å². The second-order valence-electron chi connectivity index (χ2n) is 6.70. The van der Waals surface area contributed by atoms with Crippen molar-refractivity contribution < 1.29 is 5.11 Å². The SMILES string of the molecule is CCCCCC[C@@H](O)C/C=C\CCCC(CC)CCCCN. The van der Waals surface area contributed by atoms with Gasteiger partial charge in [-0.1, -0.05) is 77.4 Å². The molecule has 0 aliphatic rings. The monoisotopic (exact) mass is 311 g/mol. The number of nitrogens with two attached hydrogens (primary N) is 1. The van der Waals surface area contributed by atoms with Gasteiger partial charge < -0.3 is 10.8 Å². The first-order valence-electron chi connectivity index (χ1n) is 9.77. The fraction of sp³-hybridized carbons (Fsp3) is 0.900. The van der Waals surface area contributed by atoms with Crippen molar-refractivity contribution in [1.82, 2.24) is 0 Å². The fourth-order valence-corrected chi connectivity index (χ4v) is 2.95. The van der Waals surface area contributed by atoms with Crippen molar-refractivity contribution >= 4 is 0 Å². The molecule has 0 aromatic rings. The molecule has 0 aliphatic carbocycles. The van der Waals surface area contributed by atoms with Crippen LogP contribution in [-0.4, -0.2) is 17.8 Å². The number of aliphatic hydroxyl groups excluding tert-OH is 1. The van der Waals surface area contributed by atoms with Crippen LogP contribution in [0.5, 0.6) is 0 Å². The molecule has 1 unspecified atom stereocenters. The molecule has 132 valence electrons. The summed E-state index contributed by atoms with van der Waals surface area (Å²) in [5.74, 6) is 0.879. The number of hydrogen-bond acceptors (Lipinski definition) is 2. The van der Waals surface area contributed by atoms with Crippen molar-refractivity contribution in [3.8, 4) is 0 Å². The molecule has 0 aromatic heterocycles. The van der Waals surface area contributed by atoms with Gasteiger partial charge in [0.05, 0.1) is 6.10 Å². The highest BCUT2D eigenvalue weighted by Crippen LogP contribution is 2.19. The zero-order chi connectivity index (χ0) is 16.5. The third-order valence-electron chi connectivity index (χ3n) is 4.59. The Hall–Kier alpha value is -0.340. The molecular formula is C20H41NO. The van der Waals surface area contributed by atoms with E-state index in [2.05, 4.69) is 26.0 Å². The summed E-state index contributed by atoms with van der Waals surface area (Å²) < 4.78 is 0. The molecule has 0 aliphatic heterocycles. The molecule has 0 amide bonds. The van der Waals surface area contributed by atoms with Crippen molar-refractivity contribution in [2.75, 3.05) is 6.54 Å². The Labute approximate surface area is 139 Å². The Balaban J connectivity index is 3.51. The van der Waals surface area contributed by atoms with Crippen LogP contribution in [-0.2, 0) is 0 Å². The van der Waals surface area contributed by atoms with Crippen molar-refractivity contribution in [3.05, 3.63) is 12.2 Å². The summed E-state index contributed by atoms with van der Waals surface area (Å²) in [5, 5.41) is 9.89. The first-order valence-corrected chi connectivity index (χ1v) is 9.77. The van der Waals surface area contributed by atoms with Gasteiger partial charge >= 0.3 is 0 Å². The van der Waals surface area contributed by atoms with E-state index in [1.165, 1.54) is 64.2 Å². The number of aliphatic hydroxyl groups is 1. The first kappa shape index (κ1) is 21.7. The molecule has 0 saturated carbocycles. The smallest absolute Gasteiger partial charge is 0.0574 e. The van der Waals surface area contributed by atoms with Crippen LogP contribution in [0.25, 0.3) is 0 Å². The van der Waals surface area contributed by atoms with Crippen LogP contribution in [0.3, 0.4) is 0 Å². The second kappa shape index (κ2) is 17.0. The van der Waals surface area contributed by atoms with E-state index in [0.29, 0.717) is 0 Å². The molecule has 2 nitrogen and oxygen atoms in total. The van der Waals surface area contributed by atoms with Crippen molar-refractivity contribution in [2.24, 2.45) is 11.7 Å². The highest BCUT2D eigenvalue weighted by atomic mass is 16.3. The van der Waals surface area contributed by atoms with E-state index in [4.69, 9.17) is 5.73 Å². The average molecular weight is 312 g/mol. The highest BCUT2D eigenvalue weighted by molar-refractivity contribution is 4.84. The molecule has 0 bridgehead atoms. The minimum absolute atomic E-state index is 0.132. The van der Waals surface area contributed by atoms with Gasteiger partial charge in [-0.3, -0.25) is 0 Å². The Bertz CT molecular complexity index is 240. The molecule has 0 saturated heterocycles. The summed E-state index contributed by atoms with van der Waals surface area (Å²) in [6, 6.07) is 0. The zero-order valence-corrected chi connectivity index (χ0v) is 15.2. The molecule has 0 rings (SSSR count). The fourth-order valence-electron chi connectivity index (χ4n) is 2.95. The summed E-state index contributed by atoms with van der Waals surface area (Å²) in [4.78, 5) is 0. The third kappa shape index (κ3) is 14.6. The van der Waals surface area contributed by atoms with E-state index in [0.717, 1.165) is 31.7 Å². The summed E-state index contributed by atoms with van der Waals surface area (Å²) in [6.45, 7) is 5.36. The van der Waals surface area contributed by atoms with E-state index in [9.17, 15) is 5.11 Å². The summed E-state index contributed by atoms with van der Waals surface area (Å²) in [5.41, 5.74) is 5.55. The van der Waals surface area contributed by atoms with Gasteiger partial charge in [0, 0.05) is 0 Å². The van der Waals surface area contributed by atoms with Gasteiger partial charge in [0.2, 0.25) is 0 Å². The molecule has 2 heteroatoms. The maximum Gasteiger partial charge on any atom is 0.0574 e. The Morgan fingerprint density at radius 3 is 2.27 bits per heavy atom. The van der Waals surface area contributed by atoms with Crippen molar-refractivity contribution in [3.63, 3.8) is 0 Å². The highest BCUT2D eigenvalue weighted by Gasteiger charge is 2.05. The summed E-state index contributed by atoms with van der Waals surface area (Å²) in [6.07, 6.45) is 20.0. The lowest BCUT2D eigenvalue weighted by atomic mass is 9.93. The second-order valence-corrected chi connectivity index (χ2v) is 6.70. The predicted molar refractivity (Wildman–Crippen MR) is 99.1 cm³/mol. The molecule has 2 atom stereocenters. The topological polar surface area (TPSA) is 46.2 Å². The molecule has 0 fully saturated rings. The quantitative estimate of drug-likeness (QED) is 0.288. The molecule has 0 spiro atoms. The van der Waals surface area contributed by atoms with Crippen molar-refractivity contribution in [1.29, 1.82) is 0 Å². The van der Waals surface area contributed by atoms with E-state index < -0.39 is 0 Å². The third-order valence-corrected chi connectivity index (χ3v) is 4.59. The van der Waals surface area contributed by atoms with Crippen LogP contribution < -0.4 is 5.73 Å². The van der Waals surface area contributed by atoms with Crippen LogP contribution in [0.2, 0.25) is 0 Å². The summed E-state index contributed by atoms with van der Waals surface area (Å²) in [7, 11) is 0. The van der Waals surface area contributed by atoms with Gasteiger partial charge in [-0.15, -0.1) is 0 Å². The maximum atomic E-state index is 9.89. The van der Waals surface area contributed by atoms with Crippen LogP contribution in [0.15, 0.2) is 12.2 Å². The Morgan fingerprint density at radius 1 is 0.864 bits per heavy atom. The Kier molecular flexibility index (Phi) is 16.8. The minimum atomic E-state index is -0.132. The molecule has 22 heavy (non-hydrogen) atoms. The molecule has 0 radical (unpaired) electrons. The van der Waals surface area contributed by atoms with Crippen LogP contribution >= 0.6 is 0 Å². The number of allylic oxidation sites excluding steroid dienone is 1. The minimum Gasteiger partial charge on any atom is -0.393 e. The Morgan fingerprint density at radius 2 is 1.59 bits per heavy atom. The van der Waals surface area contributed by atoms with E-state index in [-0.39, 0.29) is 6.10 Å². The lowest BCUT2D eigenvalue weighted by molar-refractivity contribution is 0.163. The molecular weight excluding hydrogens is 270 g/mol. The summed E-state index contributed by atoms with van der Waals surface area (Å²) >= 11 is 0. The molecule has 0 aromatic carbocycles. The van der Waals surface area contributed by atoms with Gasteiger partial charge in [-0.25, -0.2) is 0 Å². The number of unbranched alkanes of at least 4 members (excludes halogenated alkanes) is 5. The predicted octanol–water partition coefficient (Wildman–Crippen LogP) is 5.59. The zero-order valence-electron chi connectivity index (χ0n) is 15.2. The normalized spacial score (nSPS) is 14.5. The molecule has 0 heterocycles. The van der Waals surface area contributed by atoms with E-state index in [1.54, 1.807) is 0 Å². The number of rotatable bonds is 16. The maximum absolute atomic E-state index is 9.89. The average Bonchev–Trinajstić information content (AvgIpc) is 2.53. The van der Waals surface area contributed by atoms with Crippen LogP contribution in [0, 0.1) is 5.92 Å². The van der Waals surface area contributed by atoms with Crippen LogP contribution in [0.1, 0.15) is 97.3 Å². The van der Waals surface area contributed by atoms with E-state index in [1.807, 2.05) is 0 Å². The van der Waals surface area contributed by atoms with Gasteiger partial charge in [-0.2, -0.15) is 0 Å². The standard InChI is InChI=1S/C20H41NO/c1-3-5-6-10-16-20(22)17-11-8-7-9-14-19(4-2)15-12-13-18-21/h8,11,19-20,22H,3-7,9-10,12-18,21H2,1-2H3/b11-8-/t19?,20-/m1/s1. The lowest BCUT2D eigenvalue weighted by Crippen LogP contribution is -2.04. The van der Waals surface area contributed by atoms with Gasteiger partial charge in [0.15, 0.2) is 0 Å². The van der Waals surface area contributed by atoms with E-state index >= 15 is 0 Å². The molecule has 3 N–H and O–H groups in total. The number of hydrogen-bond donors (Lipinski definition) is 2.